The molecule has 0 aromatic rings. The fourth-order valence-corrected chi connectivity index (χ4v) is 5.97. The average molecular weight is 402 g/mol. The predicted molar refractivity (Wildman–Crippen MR) is 101 cm³/mol. The van der Waals surface area contributed by atoms with Gasteiger partial charge in [-0.25, -0.2) is 4.79 Å². The molecule has 2 N–H and O–H groups in total. The lowest BCUT2D eigenvalue weighted by Gasteiger charge is -2.40. The van der Waals surface area contributed by atoms with E-state index in [9.17, 15) is 4.79 Å². The van der Waals surface area contributed by atoms with Gasteiger partial charge in [-0.1, -0.05) is 20.8 Å². The van der Waals surface area contributed by atoms with Crippen molar-refractivity contribution in [2.75, 3.05) is 38.5 Å². The van der Waals surface area contributed by atoms with Gasteiger partial charge in [0.1, 0.15) is 11.7 Å². The van der Waals surface area contributed by atoms with E-state index in [0.717, 1.165) is 0 Å². The number of ether oxygens (including phenoxy) is 1. The van der Waals surface area contributed by atoms with Crippen molar-refractivity contribution in [3.05, 3.63) is 0 Å². The molecule has 0 saturated carbocycles. The van der Waals surface area contributed by atoms with Crippen molar-refractivity contribution in [2.45, 2.75) is 20.8 Å². The summed E-state index contributed by atoms with van der Waals surface area (Å²) in [6.07, 6.45) is 1.20. The van der Waals surface area contributed by atoms with E-state index >= 15 is 0 Å². The van der Waals surface area contributed by atoms with Gasteiger partial charge in [0.05, 0.1) is 19.1 Å². The van der Waals surface area contributed by atoms with Crippen molar-refractivity contribution >= 4 is 53.3 Å². The Morgan fingerprint density at radius 2 is 2.09 bits per heavy atom. The Morgan fingerprint density at radius 3 is 2.61 bits per heavy atom. The van der Waals surface area contributed by atoms with E-state index in [1.54, 1.807) is 6.26 Å². The first-order chi connectivity index (χ1) is 10.7. The molecule has 1 heterocycles. The second-order valence-corrected chi connectivity index (χ2v) is 11.0. The molecule has 1 saturated heterocycles. The Bertz CT molecular complexity index is 464. The molecule has 1 fully saturated rings. The van der Waals surface area contributed by atoms with Crippen molar-refractivity contribution in [1.29, 1.82) is 5.41 Å². The zero-order valence-corrected chi connectivity index (χ0v) is 17.1. The Morgan fingerprint density at radius 1 is 1.48 bits per heavy atom. The first-order valence-corrected chi connectivity index (χ1v) is 11.8. The summed E-state index contributed by atoms with van der Waals surface area (Å²) in [7, 11) is 0. The first kappa shape index (κ1) is 21.2. The van der Waals surface area contributed by atoms with Crippen LogP contribution in [0.5, 0.6) is 0 Å². The maximum absolute atomic E-state index is 11.5. The number of hydrogen-bond acceptors (Lipinski definition) is 8. The van der Waals surface area contributed by atoms with Gasteiger partial charge in [-0.3, -0.25) is 5.41 Å². The Balaban J connectivity index is 2.38. The zero-order chi connectivity index (χ0) is 17.5. The number of nitrogens with zero attached hydrogens (tertiary/aromatic N) is 1. The molecular formula is C12H24N3O4PS3. The van der Waals surface area contributed by atoms with Crippen LogP contribution in [0.3, 0.4) is 0 Å². The highest BCUT2D eigenvalue weighted by Gasteiger charge is 2.37. The lowest BCUT2D eigenvalue weighted by molar-refractivity contribution is 0.0509. The van der Waals surface area contributed by atoms with Crippen LogP contribution in [-0.2, 0) is 25.6 Å². The SMILES string of the molecule is CCN(SCNC(=O)OCC(=N)SC)P1(=S)OCC(C)(C)CO1. The van der Waals surface area contributed by atoms with Crippen LogP contribution in [0.4, 0.5) is 4.79 Å². The Labute approximate surface area is 151 Å². The molecule has 11 heteroatoms. The summed E-state index contributed by atoms with van der Waals surface area (Å²) in [5.74, 6) is 0.299. The van der Waals surface area contributed by atoms with E-state index in [4.69, 9.17) is 31.0 Å². The van der Waals surface area contributed by atoms with Gasteiger partial charge in [0.15, 0.2) is 0 Å². The van der Waals surface area contributed by atoms with Crippen LogP contribution < -0.4 is 5.32 Å². The molecule has 0 spiro atoms. The highest BCUT2D eigenvalue weighted by molar-refractivity contribution is 8.15. The molecule has 1 amide bonds. The van der Waals surface area contributed by atoms with Gasteiger partial charge < -0.3 is 19.1 Å². The smallest absolute Gasteiger partial charge is 0.408 e. The Kier molecular flexibility index (Phi) is 8.85. The van der Waals surface area contributed by atoms with Gasteiger partial charge in [0, 0.05) is 12.0 Å². The molecule has 23 heavy (non-hydrogen) atoms. The van der Waals surface area contributed by atoms with Crippen LogP contribution in [0.25, 0.3) is 0 Å². The highest BCUT2D eigenvalue weighted by atomic mass is 32.5. The summed E-state index contributed by atoms with van der Waals surface area (Å²) >= 11 is 8.15. The quantitative estimate of drug-likeness (QED) is 0.221. The molecule has 0 bridgehead atoms. The molecule has 7 nitrogen and oxygen atoms in total. The standard InChI is InChI=1S/C12H24N3O4PS3/c1-5-15(20(21)18-7-12(2,3)8-19-20)23-9-14-11(16)17-6-10(13)22-4/h13H,5-9H2,1-4H3,(H,14,16). The van der Waals surface area contributed by atoms with Crippen LogP contribution in [0.15, 0.2) is 0 Å². The van der Waals surface area contributed by atoms with Crippen molar-refractivity contribution < 1.29 is 18.6 Å². The summed E-state index contributed by atoms with van der Waals surface area (Å²) in [4.78, 5) is 11.5. The topological polar surface area (TPSA) is 83.9 Å². The number of hydrogen-bond donors (Lipinski definition) is 2. The fourth-order valence-electron chi connectivity index (χ4n) is 1.46. The van der Waals surface area contributed by atoms with Crippen molar-refractivity contribution in [3.63, 3.8) is 0 Å². The molecule has 1 aliphatic rings. The number of thioether (sulfide) groups is 1. The molecule has 1 aliphatic heterocycles. The largest absolute Gasteiger partial charge is 0.442 e. The third-order valence-electron chi connectivity index (χ3n) is 2.79. The van der Waals surface area contributed by atoms with E-state index in [0.29, 0.717) is 30.7 Å². The van der Waals surface area contributed by atoms with Gasteiger partial charge in [0.2, 0.25) is 0 Å². The number of rotatable bonds is 7. The Hall–Kier alpha value is 0.170. The summed E-state index contributed by atoms with van der Waals surface area (Å²) < 4.78 is 18.4. The second-order valence-electron chi connectivity index (χ2n) is 5.50. The van der Waals surface area contributed by atoms with Crippen LogP contribution in [0.2, 0.25) is 0 Å². The molecule has 0 aliphatic carbocycles. The monoisotopic (exact) mass is 401 g/mol. The third kappa shape index (κ3) is 7.29. The maximum Gasteiger partial charge on any atom is 0.408 e. The van der Waals surface area contributed by atoms with E-state index in [1.165, 1.54) is 23.7 Å². The van der Waals surface area contributed by atoms with Gasteiger partial charge >= 0.3 is 6.09 Å². The summed E-state index contributed by atoms with van der Waals surface area (Å²) in [6, 6.07) is 0. The number of carbonyl (C=O) groups is 1. The summed E-state index contributed by atoms with van der Waals surface area (Å²) in [6.45, 7) is 5.36. The normalized spacial score (nSPS) is 19.3. The fraction of sp³-hybridized carbons (Fsp3) is 0.833. The number of nitrogens with one attached hydrogen (secondary N) is 2. The van der Waals surface area contributed by atoms with Crippen LogP contribution >= 0.6 is 30.4 Å². The molecule has 0 atom stereocenters. The first-order valence-electron chi connectivity index (χ1n) is 7.04. The summed E-state index contributed by atoms with van der Waals surface area (Å²) in [5.41, 5.74) is -0.0315. The molecule has 0 radical (unpaired) electrons. The molecule has 0 aromatic heterocycles. The molecule has 1 rings (SSSR count). The molecule has 0 aromatic carbocycles. The van der Waals surface area contributed by atoms with Gasteiger partial charge in [0.25, 0.3) is 6.64 Å². The van der Waals surface area contributed by atoms with Crippen molar-refractivity contribution in [2.24, 2.45) is 5.41 Å². The highest BCUT2D eigenvalue weighted by Crippen LogP contribution is 2.59. The minimum absolute atomic E-state index is 0.0194. The van der Waals surface area contributed by atoms with E-state index in [1.807, 2.05) is 11.0 Å². The van der Waals surface area contributed by atoms with Crippen LogP contribution in [-0.4, -0.2) is 53.7 Å². The van der Waals surface area contributed by atoms with Crippen LogP contribution in [0, 0.1) is 10.8 Å². The average Bonchev–Trinajstić information content (AvgIpc) is 2.52. The molecular weight excluding hydrogens is 377 g/mol. The summed E-state index contributed by atoms with van der Waals surface area (Å²) in [5, 5.41) is 10.3. The minimum atomic E-state index is -2.50. The van der Waals surface area contributed by atoms with E-state index in [-0.39, 0.29) is 12.0 Å². The number of alkyl carbamates (subject to hydrolysis) is 1. The van der Waals surface area contributed by atoms with E-state index < -0.39 is 12.7 Å². The molecule has 0 unspecified atom stereocenters. The van der Waals surface area contributed by atoms with Crippen LogP contribution in [0.1, 0.15) is 20.8 Å². The molecule has 134 valence electrons. The lowest BCUT2D eigenvalue weighted by atomic mass is 9.97. The van der Waals surface area contributed by atoms with Gasteiger partial charge in [-0.05, 0) is 30.0 Å². The maximum atomic E-state index is 11.5. The number of amides is 1. The number of carbonyl (C=O) groups excluding carboxylic acids is 1. The van der Waals surface area contributed by atoms with E-state index in [2.05, 4.69) is 19.2 Å². The third-order valence-corrected chi connectivity index (χ3v) is 8.50. The zero-order valence-electron chi connectivity index (χ0n) is 13.8. The van der Waals surface area contributed by atoms with Gasteiger partial charge in [-0.15, -0.1) is 11.8 Å². The van der Waals surface area contributed by atoms with Crippen molar-refractivity contribution in [1.82, 2.24) is 9.39 Å². The minimum Gasteiger partial charge on any atom is -0.442 e. The van der Waals surface area contributed by atoms with Crippen molar-refractivity contribution in [3.8, 4) is 0 Å². The second kappa shape index (κ2) is 9.60. The van der Waals surface area contributed by atoms with Gasteiger partial charge in [-0.2, -0.15) is 4.08 Å². The lowest BCUT2D eigenvalue weighted by Crippen LogP contribution is -2.34. The predicted octanol–water partition coefficient (Wildman–Crippen LogP) is 3.28.